The molecule has 2 aliphatic rings. The highest BCUT2D eigenvalue weighted by molar-refractivity contribution is 6.31. The molecule has 0 spiro atoms. The van der Waals surface area contributed by atoms with Gasteiger partial charge in [0.1, 0.15) is 11.9 Å². The summed E-state index contributed by atoms with van der Waals surface area (Å²) in [5.74, 6) is -6.19. The van der Waals surface area contributed by atoms with Crippen LogP contribution in [0.3, 0.4) is 0 Å². The molecule has 1 saturated carbocycles. The molecule has 226 valence electrons. The van der Waals surface area contributed by atoms with Crippen LogP contribution < -0.4 is 15.1 Å². The molecule has 0 radical (unpaired) electrons. The maximum atomic E-state index is 14.7. The minimum atomic E-state index is -2.81. The molecule has 0 bridgehead atoms. The van der Waals surface area contributed by atoms with Crippen LogP contribution in [0, 0.1) is 11.6 Å². The highest BCUT2D eigenvalue weighted by Crippen LogP contribution is 2.37. The predicted octanol–water partition coefficient (Wildman–Crippen LogP) is 6.37. The first-order valence-electron chi connectivity index (χ1n) is 14.0. The number of anilines is 2. The molecular formula is C31H29ClF4N4O3. The van der Waals surface area contributed by atoms with Crippen molar-refractivity contribution in [2.45, 2.75) is 69.0 Å². The van der Waals surface area contributed by atoms with Crippen molar-refractivity contribution in [2.24, 2.45) is 0 Å². The molecule has 1 saturated heterocycles. The topological polar surface area (TPSA) is 82.6 Å². The van der Waals surface area contributed by atoms with Crippen LogP contribution in [-0.2, 0) is 14.4 Å². The van der Waals surface area contributed by atoms with Crippen molar-refractivity contribution < 1.29 is 31.9 Å². The number of hydrogen-bond acceptors (Lipinski definition) is 4. The van der Waals surface area contributed by atoms with E-state index in [4.69, 9.17) is 11.6 Å². The summed E-state index contributed by atoms with van der Waals surface area (Å²) in [6.45, 7) is 0. The second-order valence-electron chi connectivity index (χ2n) is 10.8. The van der Waals surface area contributed by atoms with E-state index >= 15 is 0 Å². The van der Waals surface area contributed by atoms with Crippen LogP contribution in [0.15, 0.2) is 66.9 Å². The average Bonchev–Trinajstić information content (AvgIpc) is 3.32. The number of rotatable bonds is 8. The van der Waals surface area contributed by atoms with Gasteiger partial charge in [0.25, 0.3) is 0 Å². The van der Waals surface area contributed by atoms with E-state index in [1.54, 1.807) is 18.2 Å². The number of nitrogens with zero attached hydrogens (tertiary/aromatic N) is 3. The molecule has 1 aliphatic heterocycles. The number of hydrogen-bond donors (Lipinski definition) is 1. The fourth-order valence-corrected chi connectivity index (χ4v) is 5.94. The van der Waals surface area contributed by atoms with Crippen LogP contribution in [0.5, 0.6) is 0 Å². The lowest BCUT2D eigenvalue weighted by Gasteiger charge is -2.35. The molecule has 3 aromatic rings. The van der Waals surface area contributed by atoms with Gasteiger partial charge in [-0.15, -0.1) is 0 Å². The largest absolute Gasteiger partial charge is 0.351 e. The van der Waals surface area contributed by atoms with Crippen molar-refractivity contribution >= 4 is 40.8 Å². The SMILES string of the molecule is O=C(NC1CCC(F)(F)CC1)[C@H](c1ccccc1Cl)N(C(=O)CC1CCC(=O)N1c1ncccc1F)c1cccc(F)c1. The molecule has 2 fully saturated rings. The molecule has 2 atom stereocenters. The van der Waals surface area contributed by atoms with Gasteiger partial charge in [-0.2, -0.15) is 0 Å². The number of alkyl halides is 2. The third-order valence-corrected chi connectivity index (χ3v) is 8.17. The zero-order valence-electron chi connectivity index (χ0n) is 23.0. The zero-order chi connectivity index (χ0) is 30.7. The van der Waals surface area contributed by atoms with Gasteiger partial charge in [-0.05, 0) is 55.7 Å². The number of pyridine rings is 1. The molecule has 2 heterocycles. The van der Waals surface area contributed by atoms with E-state index in [1.165, 1.54) is 36.5 Å². The van der Waals surface area contributed by atoms with Crippen LogP contribution in [0.25, 0.3) is 0 Å². The Morgan fingerprint density at radius 3 is 2.49 bits per heavy atom. The smallest absolute Gasteiger partial charge is 0.248 e. The molecular weight excluding hydrogens is 588 g/mol. The Hall–Kier alpha value is -3.99. The molecule has 7 nitrogen and oxygen atoms in total. The van der Waals surface area contributed by atoms with Gasteiger partial charge in [-0.25, -0.2) is 22.5 Å². The Balaban J connectivity index is 1.52. The van der Waals surface area contributed by atoms with Crippen LogP contribution >= 0.6 is 11.6 Å². The summed E-state index contributed by atoms with van der Waals surface area (Å²) in [6.07, 6.45) is 0.551. The van der Waals surface area contributed by atoms with E-state index < -0.39 is 66.2 Å². The lowest BCUT2D eigenvalue weighted by atomic mass is 9.91. The molecule has 1 unspecified atom stereocenters. The minimum Gasteiger partial charge on any atom is -0.351 e. The fourth-order valence-electron chi connectivity index (χ4n) is 5.70. The Morgan fingerprint density at radius 1 is 1.05 bits per heavy atom. The van der Waals surface area contributed by atoms with Gasteiger partial charge < -0.3 is 5.32 Å². The first-order valence-corrected chi connectivity index (χ1v) is 14.3. The maximum absolute atomic E-state index is 14.7. The van der Waals surface area contributed by atoms with Crippen molar-refractivity contribution in [1.29, 1.82) is 0 Å². The van der Waals surface area contributed by atoms with Crippen LogP contribution in [0.1, 0.15) is 56.6 Å². The van der Waals surface area contributed by atoms with E-state index in [2.05, 4.69) is 10.3 Å². The molecule has 3 amide bonds. The number of aromatic nitrogens is 1. The Morgan fingerprint density at radius 2 is 1.79 bits per heavy atom. The Bertz CT molecular complexity index is 1510. The number of halogens is 5. The Labute approximate surface area is 250 Å². The zero-order valence-corrected chi connectivity index (χ0v) is 23.7. The molecule has 12 heteroatoms. The monoisotopic (exact) mass is 616 g/mol. The van der Waals surface area contributed by atoms with E-state index in [-0.39, 0.29) is 54.2 Å². The van der Waals surface area contributed by atoms with Crippen molar-refractivity contribution in [1.82, 2.24) is 10.3 Å². The van der Waals surface area contributed by atoms with Gasteiger partial charge in [0.05, 0.1) is 0 Å². The first kappa shape index (κ1) is 30.5. The highest BCUT2D eigenvalue weighted by Gasteiger charge is 2.41. The summed E-state index contributed by atoms with van der Waals surface area (Å²) >= 11 is 6.53. The predicted molar refractivity (Wildman–Crippen MR) is 153 cm³/mol. The maximum Gasteiger partial charge on any atom is 0.248 e. The summed E-state index contributed by atoms with van der Waals surface area (Å²) in [4.78, 5) is 47.2. The van der Waals surface area contributed by atoms with Gasteiger partial charge >= 0.3 is 0 Å². The molecule has 43 heavy (non-hydrogen) atoms. The molecule has 2 aromatic carbocycles. The van der Waals surface area contributed by atoms with Crippen molar-refractivity contribution in [3.05, 3.63) is 89.1 Å². The quantitative estimate of drug-likeness (QED) is 0.298. The number of nitrogens with one attached hydrogen (secondary N) is 1. The molecule has 1 aliphatic carbocycles. The van der Waals surface area contributed by atoms with E-state index in [0.29, 0.717) is 0 Å². The minimum absolute atomic E-state index is 0.0384. The first-order chi connectivity index (χ1) is 20.5. The van der Waals surface area contributed by atoms with Crippen LogP contribution in [0.4, 0.5) is 29.1 Å². The van der Waals surface area contributed by atoms with Gasteiger partial charge in [-0.1, -0.05) is 35.9 Å². The normalized spacial score (nSPS) is 19.2. The molecule has 5 rings (SSSR count). The third kappa shape index (κ3) is 6.82. The third-order valence-electron chi connectivity index (χ3n) is 7.83. The summed E-state index contributed by atoms with van der Waals surface area (Å²) in [5.41, 5.74) is 0.274. The lowest BCUT2D eigenvalue weighted by molar-refractivity contribution is -0.128. The molecule has 1 aromatic heterocycles. The van der Waals surface area contributed by atoms with Crippen molar-refractivity contribution in [3.63, 3.8) is 0 Å². The van der Waals surface area contributed by atoms with Crippen molar-refractivity contribution in [3.8, 4) is 0 Å². The number of benzene rings is 2. The fraction of sp³-hybridized carbons (Fsp3) is 0.355. The summed E-state index contributed by atoms with van der Waals surface area (Å²) in [6, 6.07) is 11.2. The van der Waals surface area contributed by atoms with Gasteiger partial charge in [-0.3, -0.25) is 24.2 Å². The van der Waals surface area contributed by atoms with Crippen molar-refractivity contribution in [2.75, 3.05) is 9.80 Å². The van der Waals surface area contributed by atoms with Gasteiger partial charge in [0.15, 0.2) is 11.6 Å². The molecule has 1 N–H and O–H groups in total. The number of carbonyl (C=O) groups excluding carboxylic acids is 3. The van der Waals surface area contributed by atoms with Gasteiger partial charge in [0, 0.05) is 60.2 Å². The second-order valence-corrected chi connectivity index (χ2v) is 11.2. The number of amides is 3. The van der Waals surface area contributed by atoms with Crippen LogP contribution in [0.2, 0.25) is 5.02 Å². The Kier molecular flexibility index (Phi) is 9.00. The average molecular weight is 617 g/mol. The van der Waals surface area contributed by atoms with E-state index in [0.717, 1.165) is 21.9 Å². The summed E-state index contributed by atoms with van der Waals surface area (Å²) in [5, 5.41) is 2.96. The lowest BCUT2D eigenvalue weighted by Crippen LogP contribution is -2.49. The summed E-state index contributed by atoms with van der Waals surface area (Å²) in [7, 11) is 0. The van der Waals surface area contributed by atoms with Crippen LogP contribution in [-0.4, -0.2) is 40.7 Å². The van der Waals surface area contributed by atoms with Gasteiger partial charge in [0.2, 0.25) is 23.6 Å². The highest BCUT2D eigenvalue weighted by atomic mass is 35.5. The number of carbonyl (C=O) groups is 3. The second kappa shape index (κ2) is 12.7. The van der Waals surface area contributed by atoms with E-state index in [1.807, 2.05) is 0 Å². The summed E-state index contributed by atoms with van der Waals surface area (Å²) < 4.78 is 56.8. The standard InChI is InChI=1S/C31H29ClF4N4O3/c32-24-8-2-1-7-23(24)28(30(43)38-20-12-14-31(35,36)15-13-20)39(21-6-3-5-19(33)17-21)27(42)18-22-10-11-26(41)40(22)29-25(34)9-4-16-37-29/h1-9,16-17,20,22,28H,10-15,18H2,(H,38,43)/t22?,28-/m0/s1. The van der Waals surface area contributed by atoms with E-state index in [9.17, 15) is 31.9 Å².